The van der Waals surface area contributed by atoms with Crippen molar-refractivity contribution in [2.75, 3.05) is 0 Å². The van der Waals surface area contributed by atoms with E-state index >= 15 is 0 Å². The average molecular weight is 365 g/mol. The predicted molar refractivity (Wildman–Crippen MR) is 111 cm³/mol. The lowest BCUT2D eigenvalue weighted by Crippen LogP contribution is -2.31. The van der Waals surface area contributed by atoms with Gasteiger partial charge >= 0.3 is 0 Å². The molecule has 27 heavy (non-hydrogen) atoms. The molecule has 0 bridgehead atoms. The van der Waals surface area contributed by atoms with Gasteiger partial charge in [0.15, 0.2) is 11.8 Å². The monoisotopic (exact) mass is 364 g/mol. The molecule has 0 saturated carbocycles. The summed E-state index contributed by atoms with van der Waals surface area (Å²) in [5, 5.41) is 1.59. The first-order valence-electron chi connectivity index (χ1n) is 11.6. The topological polar surface area (TPSA) is 29.9 Å². The Hall–Kier alpha value is -2.68. The van der Waals surface area contributed by atoms with Crippen LogP contribution in [0.3, 0.4) is 0 Å². The van der Waals surface area contributed by atoms with Crippen molar-refractivity contribution in [3.63, 3.8) is 0 Å². The zero-order valence-electron chi connectivity index (χ0n) is 21.3. The van der Waals surface area contributed by atoms with Crippen molar-refractivity contribution in [1.29, 1.82) is 0 Å². The van der Waals surface area contributed by atoms with Crippen LogP contribution in [0.1, 0.15) is 44.4 Å². The molecule has 0 spiro atoms. The number of rotatable bonds is 2. The zero-order chi connectivity index (χ0) is 23.6. The Morgan fingerprint density at radius 3 is 2.67 bits per heavy atom. The number of hydrogen-bond acceptors (Lipinski definition) is 2. The molecule has 3 heterocycles. The van der Waals surface area contributed by atoms with E-state index < -0.39 is 18.6 Å². The molecule has 0 unspecified atom stereocenters. The average Bonchev–Trinajstić information content (AvgIpc) is 3.04. The van der Waals surface area contributed by atoms with Crippen LogP contribution in [0.4, 0.5) is 0 Å². The van der Waals surface area contributed by atoms with Crippen LogP contribution in [-0.4, -0.2) is 4.98 Å². The zero-order valence-corrected chi connectivity index (χ0v) is 16.3. The van der Waals surface area contributed by atoms with Crippen LogP contribution >= 0.6 is 0 Å². The highest BCUT2D eigenvalue weighted by Gasteiger charge is 2.22. The second kappa shape index (κ2) is 6.19. The third-order valence-corrected chi connectivity index (χ3v) is 4.64. The number of nitrogens with zero attached hydrogens (tertiary/aromatic N) is 2. The minimum atomic E-state index is -2.31. The van der Waals surface area contributed by atoms with E-state index in [1.165, 1.54) is 6.07 Å². The molecule has 4 rings (SSSR count). The number of aryl methyl sites for hydroxylation is 3. The smallest absolute Gasteiger partial charge is 0.227 e. The molecule has 4 aromatic rings. The maximum Gasteiger partial charge on any atom is 0.227 e. The molecule has 0 amide bonds. The largest absolute Gasteiger partial charge is 0.437 e. The summed E-state index contributed by atoms with van der Waals surface area (Å²) in [6, 6.07) is 10.9. The number of benzene rings is 1. The van der Waals surface area contributed by atoms with Gasteiger partial charge in [-0.15, -0.1) is 0 Å². The van der Waals surface area contributed by atoms with Crippen LogP contribution in [0.5, 0.6) is 0 Å². The van der Waals surface area contributed by atoms with Crippen LogP contribution in [-0.2, 0) is 13.4 Å². The minimum Gasteiger partial charge on any atom is -0.437 e. The van der Waals surface area contributed by atoms with E-state index in [2.05, 4.69) is 4.98 Å². The van der Waals surface area contributed by atoms with Gasteiger partial charge in [0, 0.05) is 35.5 Å². The summed E-state index contributed by atoms with van der Waals surface area (Å²) in [4.78, 5) is 4.26. The third kappa shape index (κ3) is 3.23. The predicted octanol–water partition coefficient (Wildman–Crippen LogP) is 5.68. The van der Waals surface area contributed by atoms with Crippen molar-refractivity contribution in [2.24, 2.45) is 12.5 Å². The van der Waals surface area contributed by atoms with E-state index in [-0.39, 0.29) is 11.4 Å². The van der Waals surface area contributed by atoms with Gasteiger partial charge in [-0.3, -0.25) is 0 Å². The number of hydrogen-bond donors (Lipinski definition) is 0. The molecule has 3 heteroatoms. The molecule has 138 valence electrons. The fourth-order valence-electron chi connectivity index (χ4n) is 3.47. The molecule has 0 aliphatic rings. The third-order valence-electron chi connectivity index (χ3n) is 4.64. The summed E-state index contributed by atoms with van der Waals surface area (Å²) in [7, 11) is 1.91. The Morgan fingerprint density at radius 1 is 1.15 bits per heavy atom. The lowest BCUT2D eigenvalue weighted by Gasteiger charge is -2.18. The molecule has 3 nitrogen and oxygen atoms in total. The van der Waals surface area contributed by atoms with Crippen LogP contribution < -0.4 is 4.57 Å². The summed E-state index contributed by atoms with van der Waals surface area (Å²) in [6.45, 7) is 5.33. The first-order chi connectivity index (χ1) is 14.7. The summed E-state index contributed by atoms with van der Waals surface area (Å²) in [5.74, 6) is 0. The van der Waals surface area contributed by atoms with Crippen molar-refractivity contribution in [2.45, 2.75) is 40.9 Å². The van der Waals surface area contributed by atoms with E-state index in [9.17, 15) is 0 Å². The molecule has 0 radical (unpaired) electrons. The van der Waals surface area contributed by atoms with Gasteiger partial charge in [0.05, 0.1) is 5.56 Å². The lowest BCUT2D eigenvalue weighted by atomic mass is 9.88. The molecule has 0 N–H and O–H groups in total. The first kappa shape index (κ1) is 12.7. The van der Waals surface area contributed by atoms with Gasteiger partial charge in [0.25, 0.3) is 0 Å². The van der Waals surface area contributed by atoms with Gasteiger partial charge < -0.3 is 4.42 Å². The van der Waals surface area contributed by atoms with Crippen molar-refractivity contribution in [1.82, 2.24) is 4.98 Å². The molecule has 3 aromatic heterocycles. The Bertz CT molecular complexity index is 1350. The maximum atomic E-state index is 8.71. The normalized spacial score (nSPS) is 16.0. The van der Waals surface area contributed by atoms with Crippen molar-refractivity contribution in [3.8, 4) is 11.3 Å². The van der Waals surface area contributed by atoms with Crippen LogP contribution in [0, 0.1) is 19.2 Å². The van der Waals surface area contributed by atoms with E-state index in [0.717, 1.165) is 27.6 Å². The molecular formula is C24H27N2O+. The van der Waals surface area contributed by atoms with Crippen molar-refractivity contribution < 1.29 is 15.8 Å². The minimum absolute atomic E-state index is 0.00625. The van der Waals surface area contributed by atoms with E-state index in [0.29, 0.717) is 11.1 Å². The van der Waals surface area contributed by atoms with Gasteiger partial charge in [0.1, 0.15) is 7.05 Å². The molecule has 0 fully saturated rings. The second-order valence-electron chi connectivity index (χ2n) is 8.07. The van der Waals surface area contributed by atoms with Crippen LogP contribution in [0.25, 0.3) is 33.3 Å². The molecule has 1 aromatic carbocycles. The quantitative estimate of drug-likeness (QED) is 0.428. The lowest BCUT2D eigenvalue weighted by molar-refractivity contribution is -0.660. The number of fused-ring (bicyclic) bond motifs is 3. The van der Waals surface area contributed by atoms with Gasteiger partial charge in [0.2, 0.25) is 11.4 Å². The van der Waals surface area contributed by atoms with Gasteiger partial charge in [-0.1, -0.05) is 32.9 Å². The summed E-state index contributed by atoms with van der Waals surface area (Å²) >= 11 is 0. The Balaban J connectivity index is 2.01. The van der Waals surface area contributed by atoms with Gasteiger partial charge in [-0.2, -0.15) is 0 Å². The summed E-state index contributed by atoms with van der Waals surface area (Å²) in [6.07, 6.45) is 0.321. The molecule has 0 aliphatic heterocycles. The van der Waals surface area contributed by atoms with E-state index in [4.69, 9.17) is 11.3 Å². The second-order valence-corrected chi connectivity index (χ2v) is 8.07. The summed E-state index contributed by atoms with van der Waals surface area (Å²) in [5.41, 5.74) is 3.51. The van der Waals surface area contributed by atoms with E-state index in [1.807, 2.05) is 69.8 Å². The van der Waals surface area contributed by atoms with E-state index in [1.54, 1.807) is 6.07 Å². The molecule has 0 aliphatic carbocycles. The number of furan rings is 1. The highest BCUT2D eigenvalue weighted by molar-refractivity contribution is 6.08. The number of pyridine rings is 2. The van der Waals surface area contributed by atoms with Gasteiger partial charge in [-0.05, 0) is 48.8 Å². The van der Waals surface area contributed by atoms with Gasteiger partial charge in [-0.25, -0.2) is 9.55 Å². The Labute approximate surface area is 167 Å². The van der Waals surface area contributed by atoms with Crippen LogP contribution in [0.15, 0.2) is 47.0 Å². The Kier molecular flexibility index (Phi) is 2.90. The standard InChI is InChI=1S/C24H27N2O/c1-15-7-9-18-19-10-8-16(2)25-23(19)27-22(18)21(15)20-13-17(11-12-26(20)6)14-24(3,4)5/h7-13H,14H2,1-6H3/q+1/i2D3,14D2. The maximum absolute atomic E-state index is 8.71. The summed E-state index contributed by atoms with van der Waals surface area (Å²) < 4.78 is 48.4. The highest BCUT2D eigenvalue weighted by Crippen LogP contribution is 2.36. The SMILES string of the molecule is [2H]C([2H])([2H])c1ccc2c(n1)oc1c(-c3cc(C([2H])([2H])C(C)(C)C)cc[n+]3C)c(C)ccc12. The first-order valence-corrected chi connectivity index (χ1v) is 9.06. The fraction of sp³-hybridized carbons (Fsp3) is 0.333. The molecule has 0 saturated heterocycles. The Morgan fingerprint density at radius 2 is 1.93 bits per heavy atom. The van der Waals surface area contributed by atoms with Crippen LogP contribution in [0.2, 0.25) is 0 Å². The molecular weight excluding hydrogens is 332 g/mol. The fourth-order valence-corrected chi connectivity index (χ4v) is 3.47. The number of aromatic nitrogens is 2. The van der Waals surface area contributed by atoms with Crippen molar-refractivity contribution >= 4 is 22.1 Å². The highest BCUT2D eigenvalue weighted by atomic mass is 16.3. The van der Waals surface area contributed by atoms with Crippen molar-refractivity contribution in [3.05, 3.63) is 59.4 Å². The molecule has 0 atom stereocenters.